The monoisotopic (exact) mass is 172 g/mol. The van der Waals surface area contributed by atoms with Gasteiger partial charge < -0.3 is 0 Å². The quantitative estimate of drug-likeness (QED) is 0.547. The zero-order chi connectivity index (χ0) is 7.68. The summed E-state index contributed by atoms with van der Waals surface area (Å²) in [5.41, 5.74) is 0. The van der Waals surface area contributed by atoms with E-state index in [2.05, 4.69) is 0 Å². The van der Waals surface area contributed by atoms with Crippen LogP contribution < -0.4 is 0 Å². The lowest BCUT2D eigenvalue weighted by molar-refractivity contribution is 0.332. The molecular weight excluding hydrogens is 156 g/mol. The van der Waals surface area contributed by atoms with Crippen molar-refractivity contribution in [1.82, 2.24) is 0 Å². The molecule has 2 fully saturated rings. The van der Waals surface area contributed by atoms with Crippen LogP contribution in [0.25, 0.3) is 0 Å². The minimum Gasteiger partial charge on any atom is -0.259 e. The van der Waals surface area contributed by atoms with Gasteiger partial charge in [0.05, 0.1) is 0 Å². The van der Waals surface area contributed by atoms with E-state index >= 15 is 0 Å². The fourth-order valence-electron chi connectivity index (χ4n) is 2.49. The van der Waals surface area contributed by atoms with Crippen LogP contribution in [-0.2, 0) is 10.8 Å². The molecular formula is C9H16OS. The molecule has 1 aliphatic heterocycles. The van der Waals surface area contributed by atoms with Gasteiger partial charge in [0.1, 0.15) is 0 Å². The summed E-state index contributed by atoms with van der Waals surface area (Å²) in [5.74, 6) is 1.82. The van der Waals surface area contributed by atoms with Crippen molar-refractivity contribution >= 4 is 10.8 Å². The first-order valence-electron chi connectivity index (χ1n) is 4.75. The largest absolute Gasteiger partial charge is 0.259 e. The van der Waals surface area contributed by atoms with E-state index in [0.29, 0.717) is 5.25 Å². The first kappa shape index (κ1) is 7.78. The second-order valence-electron chi connectivity index (χ2n) is 3.81. The molecule has 0 amide bonds. The molecule has 1 saturated heterocycles. The van der Waals surface area contributed by atoms with Gasteiger partial charge in [-0.25, -0.2) is 0 Å². The lowest BCUT2D eigenvalue weighted by atomic mass is 9.85. The number of hydrogen-bond acceptors (Lipinski definition) is 1. The van der Waals surface area contributed by atoms with Gasteiger partial charge in [0, 0.05) is 21.8 Å². The molecule has 0 spiro atoms. The van der Waals surface area contributed by atoms with E-state index in [1.54, 1.807) is 0 Å². The highest BCUT2D eigenvalue weighted by Gasteiger charge is 2.32. The van der Waals surface area contributed by atoms with E-state index in [-0.39, 0.29) is 0 Å². The van der Waals surface area contributed by atoms with E-state index in [9.17, 15) is 4.21 Å². The Hall–Kier alpha value is 0.150. The lowest BCUT2D eigenvalue weighted by Crippen LogP contribution is -2.34. The van der Waals surface area contributed by atoms with Crippen LogP contribution in [0.2, 0.25) is 0 Å². The van der Waals surface area contributed by atoms with Crippen LogP contribution in [0.5, 0.6) is 0 Å². The second-order valence-corrected chi connectivity index (χ2v) is 5.59. The molecule has 1 aliphatic carbocycles. The van der Waals surface area contributed by atoms with Crippen molar-refractivity contribution in [3.8, 4) is 0 Å². The van der Waals surface area contributed by atoms with E-state index in [4.69, 9.17) is 0 Å². The van der Waals surface area contributed by atoms with E-state index < -0.39 is 10.8 Å². The molecule has 3 atom stereocenters. The standard InChI is InChI=1S/C9H16OS/c10-11-7-3-5-8-4-1-2-6-9(8)11/h8-9H,1-7H2/t8-,9+,11?/m0/s1. The van der Waals surface area contributed by atoms with Crippen LogP contribution in [0, 0.1) is 5.92 Å². The molecule has 2 rings (SSSR count). The minimum absolute atomic E-state index is 0.457. The predicted molar refractivity (Wildman–Crippen MR) is 48.0 cm³/mol. The van der Waals surface area contributed by atoms with Crippen molar-refractivity contribution in [2.45, 2.75) is 43.8 Å². The van der Waals surface area contributed by atoms with Crippen LogP contribution >= 0.6 is 0 Å². The molecule has 2 aliphatic rings. The Labute approximate surface area is 71.0 Å². The zero-order valence-corrected chi connectivity index (χ0v) is 7.74. The van der Waals surface area contributed by atoms with E-state index in [0.717, 1.165) is 11.7 Å². The third kappa shape index (κ3) is 1.51. The number of hydrogen-bond donors (Lipinski definition) is 0. The number of fused-ring (bicyclic) bond motifs is 1. The zero-order valence-electron chi connectivity index (χ0n) is 6.92. The summed E-state index contributed by atoms with van der Waals surface area (Å²) < 4.78 is 11.5. The van der Waals surface area contributed by atoms with Gasteiger partial charge in [-0.05, 0) is 31.6 Å². The average molecular weight is 172 g/mol. The van der Waals surface area contributed by atoms with Crippen molar-refractivity contribution in [2.75, 3.05) is 5.75 Å². The molecule has 0 aromatic heterocycles. The topological polar surface area (TPSA) is 17.1 Å². The van der Waals surface area contributed by atoms with Gasteiger partial charge >= 0.3 is 0 Å². The SMILES string of the molecule is O=S1CCC[C@@H]2CCCC[C@H]21. The normalized spacial score (nSPS) is 44.9. The summed E-state index contributed by atoms with van der Waals surface area (Å²) in [7, 11) is -0.457. The Bertz CT molecular complexity index is 165. The highest BCUT2D eigenvalue weighted by molar-refractivity contribution is 7.85. The van der Waals surface area contributed by atoms with Crippen LogP contribution in [0.15, 0.2) is 0 Å². The third-order valence-corrected chi connectivity index (χ3v) is 5.08. The van der Waals surface area contributed by atoms with Gasteiger partial charge in [-0.15, -0.1) is 0 Å². The molecule has 64 valence electrons. The van der Waals surface area contributed by atoms with Crippen LogP contribution in [0.3, 0.4) is 0 Å². The van der Waals surface area contributed by atoms with Gasteiger partial charge in [0.2, 0.25) is 0 Å². The molecule has 0 N–H and O–H groups in total. The van der Waals surface area contributed by atoms with Crippen LogP contribution in [-0.4, -0.2) is 15.2 Å². The Morgan fingerprint density at radius 2 is 1.73 bits per heavy atom. The highest BCUT2D eigenvalue weighted by atomic mass is 32.2. The summed E-state index contributed by atoms with van der Waals surface area (Å²) in [6, 6.07) is 0. The summed E-state index contributed by atoms with van der Waals surface area (Å²) in [4.78, 5) is 0. The van der Waals surface area contributed by atoms with Crippen molar-refractivity contribution in [3.05, 3.63) is 0 Å². The second kappa shape index (κ2) is 3.26. The lowest BCUT2D eigenvalue weighted by Gasteiger charge is -2.34. The highest BCUT2D eigenvalue weighted by Crippen LogP contribution is 2.34. The molecule has 0 radical (unpaired) electrons. The average Bonchev–Trinajstić information content (AvgIpc) is 2.06. The van der Waals surface area contributed by atoms with Gasteiger partial charge in [-0.1, -0.05) is 12.8 Å². The molecule has 2 heteroatoms. The predicted octanol–water partition coefficient (Wildman–Crippen LogP) is 2.09. The minimum atomic E-state index is -0.457. The first-order valence-corrected chi connectivity index (χ1v) is 6.13. The smallest absolute Gasteiger partial charge is 0.0376 e. The van der Waals surface area contributed by atoms with Crippen molar-refractivity contribution in [1.29, 1.82) is 0 Å². The van der Waals surface area contributed by atoms with Crippen LogP contribution in [0.4, 0.5) is 0 Å². The Kier molecular flexibility index (Phi) is 2.30. The first-order chi connectivity index (χ1) is 5.38. The Morgan fingerprint density at radius 1 is 1.00 bits per heavy atom. The summed E-state index contributed by atoms with van der Waals surface area (Å²) >= 11 is 0. The molecule has 1 unspecified atom stereocenters. The van der Waals surface area contributed by atoms with Gasteiger partial charge in [-0.3, -0.25) is 4.21 Å². The summed E-state index contributed by atoms with van der Waals surface area (Å²) in [6.45, 7) is 0. The molecule has 0 bridgehead atoms. The maximum atomic E-state index is 11.5. The summed E-state index contributed by atoms with van der Waals surface area (Å²) in [6.07, 6.45) is 7.89. The Balaban J connectivity index is 2.05. The molecule has 0 aromatic carbocycles. The van der Waals surface area contributed by atoms with Gasteiger partial charge in [-0.2, -0.15) is 0 Å². The van der Waals surface area contributed by atoms with Gasteiger partial charge in [0.25, 0.3) is 0 Å². The summed E-state index contributed by atoms with van der Waals surface area (Å²) in [5, 5.41) is 0.595. The maximum Gasteiger partial charge on any atom is 0.0376 e. The molecule has 0 aromatic rings. The van der Waals surface area contributed by atoms with Crippen molar-refractivity contribution < 1.29 is 4.21 Å². The fraction of sp³-hybridized carbons (Fsp3) is 1.00. The Morgan fingerprint density at radius 3 is 2.55 bits per heavy atom. The number of rotatable bonds is 0. The van der Waals surface area contributed by atoms with Gasteiger partial charge in [0.15, 0.2) is 0 Å². The maximum absolute atomic E-state index is 11.5. The molecule has 1 nitrogen and oxygen atoms in total. The molecule has 11 heavy (non-hydrogen) atoms. The van der Waals surface area contributed by atoms with E-state index in [1.807, 2.05) is 0 Å². The third-order valence-electron chi connectivity index (χ3n) is 3.10. The van der Waals surface area contributed by atoms with E-state index in [1.165, 1.54) is 38.5 Å². The van der Waals surface area contributed by atoms with Crippen LogP contribution in [0.1, 0.15) is 38.5 Å². The molecule has 1 heterocycles. The van der Waals surface area contributed by atoms with Crippen molar-refractivity contribution in [2.24, 2.45) is 5.92 Å². The van der Waals surface area contributed by atoms with Crippen molar-refractivity contribution in [3.63, 3.8) is 0 Å². The molecule has 1 saturated carbocycles. The fourth-order valence-corrected chi connectivity index (χ4v) is 4.37.